The molecule has 0 saturated heterocycles. The number of rotatable bonds is 14. The standard InChI is InChI=1S/C24H35BrO2/c1-3-5-6-12-18-27-24-20(4-2)19-23(21-14-9-10-15-22(21)24)26-17-13-8-7-11-16-25/h9-10,14-15,19H,3-8,11-13,16-18H2,1-2H3. The topological polar surface area (TPSA) is 18.5 Å². The van der Waals surface area contributed by atoms with E-state index in [1.165, 1.54) is 54.9 Å². The Balaban J connectivity index is 2.09. The minimum absolute atomic E-state index is 0.784. The monoisotopic (exact) mass is 434 g/mol. The quantitative estimate of drug-likeness (QED) is 0.224. The molecule has 0 amide bonds. The van der Waals surface area contributed by atoms with Crippen molar-refractivity contribution in [3.05, 3.63) is 35.9 Å². The highest BCUT2D eigenvalue weighted by atomic mass is 79.9. The van der Waals surface area contributed by atoms with E-state index in [9.17, 15) is 0 Å². The molecule has 0 bridgehead atoms. The van der Waals surface area contributed by atoms with Gasteiger partial charge in [-0.25, -0.2) is 0 Å². The van der Waals surface area contributed by atoms with Crippen LogP contribution in [0.2, 0.25) is 0 Å². The van der Waals surface area contributed by atoms with Crippen molar-refractivity contribution < 1.29 is 9.47 Å². The summed E-state index contributed by atoms with van der Waals surface area (Å²) >= 11 is 3.49. The van der Waals surface area contributed by atoms with Crippen molar-refractivity contribution in [1.29, 1.82) is 0 Å². The van der Waals surface area contributed by atoms with Crippen LogP contribution < -0.4 is 9.47 Å². The Bertz CT molecular complexity index is 669. The number of unbranched alkanes of at least 4 members (excludes halogenated alkanes) is 6. The van der Waals surface area contributed by atoms with Gasteiger partial charge in [-0.2, -0.15) is 0 Å². The second-order valence-electron chi connectivity index (χ2n) is 7.12. The molecule has 27 heavy (non-hydrogen) atoms. The molecule has 0 aliphatic rings. The molecule has 0 fully saturated rings. The van der Waals surface area contributed by atoms with Crippen LogP contribution in [0, 0.1) is 0 Å². The third-order valence-corrected chi connectivity index (χ3v) is 5.51. The van der Waals surface area contributed by atoms with E-state index in [0.717, 1.165) is 49.3 Å². The van der Waals surface area contributed by atoms with Crippen LogP contribution in [-0.4, -0.2) is 18.5 Å². The lowest BCUT2D eigenvalue weighted by Gasteiger charge is -2.17. The Hall–Kier alpha value is -1.22. The van der Waals surface area contributed by atoms with Crippen molar-refractivity contribution in [2.75, 3.05) is 18.5 Å². The zero-order valence-electron chi connectivity index (χ0n) is 17.1. The number of halogens is 1. The molecule has 0 aromatic heterocycles. The Morgan fingerprint density at radius 1 is 0.778 bits per heavy atom. The molecule has 0 saturated carbocycles. The van der Waals surface area contributed by atoms with Crippen molar-refractivity contribution in [1.82, 2.24) is 0 Å². The lowest BCUT2D eigenvalue weighted by Crippen LogP contribution is -2.03. The van der Waals surface area contributed by atoms with Crippen LogP contribution >= 0.6 is 15.9 Å². The number of aryl methyl sites for hydroxylation is 1. The number of benzene rings is 2. The molecular weight excluding hydrogens is 400 g/mol. The van der Waals surface area contributed by atoms with Crippen LogP contribution in [-0.2, 0) is 6.42 Å². The third-order valence-electron chi connectivity index (χ3n) is 4.94. The average Bonchev–Trinajstić information content (AvgIpc) is 2.71. The first-order chi connectivity index (χ1) is 13.3. The summed E-state index contributed by atoms with van der Waals surface area (Å²) in [5.41, 5.74) is 1.25. The van der Waals surface area contributed by atoms with Crippen LogP contribution in [0.15, 0.2) is 30.3 Å². The van der Waals surface area contributed by atoms with Gasteiger partial charge in [-0.05, 0) is 37.3 Å². The van der Waals surface area contributed by atoms with Gasteiger partial charge in [-0.1, -0.05) is 86.1 Å². The Labute approximate surface area is 173 Å². The summed E-state index contributed by atoms with van der Waals surface area (Å²) in [7, 11) is 0. The zero-order chi connectivity index (χ0) is 19.3. The number of hydrogen-bond acceptors (Lipinski definition) is 2. The normalized spacial score (nSPS) is 11.1. The molecule has 0 spiro atoms. The second kappa shape index (κ2) is 13.0. The zero-order valence-corrected chi connectivity index (χ0v) is 18.7. The SMILES string of the molecule is CCCCCCOc1c(CC)cc(OCCCCCCBr)c2ccccc12. The maximum absolute atomic E-state index is 6.25. The molecule has 2 nitrogen and oxygen atoms in total. The minimum Gasteiger partial charge on any atom is -0.493 e. The van der Waals surface area contributed by atoms with Crippen LogP contribution in [0.5, 0.6) is 11.5 Å². The first-order valence-corrected chi connectivity index (χ1v) is 11.8. The van der Waals surface area contributed by atoms with Gasteiger partial charge >= 0.3 is 0 Å². The largest absolute Gasteiger partial charge is 0.493 e. The molecule has 0 heterocycles. The molecule has 2 rings (SSSR count). The van der Waals surface area contributed by atoms with Crippen LogP contribution in [0.4, 0.5) is 0 Å². The van der Waals surface area contributed by atoms with Gasteiger partial charge in [-0.3, -0.25) is 0 Å². The van der Waals surface area contributed by atoms with Gasteiger partial charge in [0, 0.05) is 16.1 Å². The van der Waals surface area contributed by atoms with Gasteiger partial charge in [0.25, 0.3) is 0 Å². The number of fused-ring (bicyclic) bond motifs is 1. The molecule has 0 atom stereocenters. The minimum atomic E-state index is 0.784. The summed E-state index contributed by atoms with van der Waals surface area (Å²) in [5.74, 6) is 2.05. The predicted molar refractivity (Wildman–Crippen MR) is 121 cm³/mol. The van der Waals surface area contributed by atoms with Crippen molar-refractivity contribution in [3.63, 3.8) is 0 Å². The lowest BCUT2D eigenvalue weighted by atomic mass is 10.0. The fraction of sp³-hybridized carbons (Fsp3) is 0.583. The Kier molecular flexibility index (Phi) is 10.7. The van der Waals surface area contributed by atoms with E-state index in [-0.39, 0.29) is 0 Å². The van der Waals surface area contributed by atoms with Gasteiger partial charge in [0.15, 0.2) is 0 Å². The van der Waals surface area contributed by atoms with Crippen LogP contribution in [0.3, 0.4) is 0 Å². The summed E-state index contributed by atoms with van der Waals surface area (Å²) in [6.45, 7) is 6.01. The van der Waals surface area contributed by atoms with Crippen LogP contribution in [0.25, 0.3) is 10.8 Å². The van der Waals surface area contributed by atoms with Crippen molar-refractivity contribution in [3.8, 4) is 11.5 Å². The predicted octanol–water partition coefficient (Wildman–Crippen LogP) is 7.70. The Morgan fingerprint density at radius 2 is 1.44 bits per heavy atom. The molecule has 0 aliphatic heterocycles. The van der Waals surface area contributed by atoms with Gasteiger partial charge in [-0.15, -0.1) is 0 Å². The fourth-order valence-corrected chi connectivity index (χ4v) is 3.75. The molecule has 0 N–H and O–H groups in total. The maximum Gasteiger partial charge on any atom is 0.130 e. The van der Waals surface area contributed by atoms with Gasteiger partial charge < -0.3 is 9.47 Å². The molecule has 0 aliphatic carbocycles. The van der Waals surface area contributed by atoms with E-state index in [1.54, 1.807) is 0 Å². The van der Waals surface area contributed by atoms with E-state index in [2.05, 4.69) is 60.1 Å². The number of alkyl halides is 1. The highest BCUT2D eigenvalue weighted by Crippen LogP contribution is 2.37. The summed E-state index contributed by atoms with van der Waals surface area (Å²) in [4.78, 5) is 0. The first-order valence-electron chi connectivity index (χ1n) is 10.7. The van der Waals surface area contributed by atoms with E-state index < -0.39 is 0 Å². The first kappa shape index (κ1) is 22.1. The molecular formula is C24H35BrO2. The van der Waals surface area contributed by atoms with Gasteiger partial charge in [0.05, 0.1) is 13.2 Å². The summed E-state index contributed by atoms with van der Waals surface area (Å²) < 4.78 is 12.4. The Morgan fingerprint density at radius 3 is 2.15 bits per heavy atom. The van der Waals surface area contributed by atoms with Crippen LogP contribution in [0.1, 0.15) is 70.8 Å². The number of ether oxygens (including phenoxy) is 2. The summed E-state index contributed by atoms with van der Waals surface area (Å²) in [6.07, 6.45) is 10.7. The van der Waals surface area contributed by atoms with E-state index in [0.29, 0.717) is 0 Å². The molecule has 2 aromatic rings. The summed E-state index contributed by atoms with van der Waals surface area (Å²) in [5, 5.41) is 3.44. The van der Waals surface area contributed by atoms with Gasteiger partial charge in [0.2, 0.25) is 0 Å². The lowest BCUT2D eigenvalue weighted by molar-refractivity contribution is 0.300. The fourth-order valence-electron chi connectivity index (χ4n) is 3.36. The van der Waals surface area contributed by atoms with E-state index in [1.807, 2.05) is 0 Å². The van der Waals surface area contributed by atoms with Gasteiger partial charge in [0.1, 0.15) is 11.5 Å². The number of hydrogen-bond donors (Lipinski definition) is 0. The van der Waals surface area contributed by atoms with Crippen molar-refractivity contribution in [2.45, 2.75) is 71.6 Å². The smallest absolute Gasteiger partial charge is 0.130 e. The average molecular weight is 435 g/mol. The molecule has 3 heteroatoms. The van der Waals surface area contributed by atoms with E-state index >= 15 is 0 Å². The van der Waals surface area contributed by atoms with Crippen molar-refractivity contribution in [2.24, 2.45) is 0 Å². The second-order valence-corrected chi connectivity index (χ2v) is 7.92. The summed E-state index contributed by atoms with van der Waals surface area (Å²) in [6, 6.07) is 10.7. The molecule has 0 radical (unpaired) electrons. The van der Waals surface area contributed by atoms with Crippen molar-refractivity contribution >= 4 is 26.7 Å². The molecule has 0 unspecified atom stereocenters. The third kappa shape index (κ3) is 7.03. The maximum atomic E-state index is 6.25. The van der Waals surface area contributed by atoms with E-state index in [4.69, 9.17) is 9.47 Å². The highest BCUT2D eigenvalue weighted by molar-refractivity contribution is 9.09. The molecule has 2 aromatic carbocycles. The molecule has 150 valence electrons. The highest BCUT2D eigenvalue weighted by Gasteiger charge is 2.13.